The first-order chi connectivity index (χ1) is 11.0. The van der Waals surface area contributed by atoms with Crippen molar-refractivity contribution in [3.8, 4) is 24.0 Å². The molecular formula is C18H16N2O2S. The van der Waals surface area contributed by atoms with E-state index in [9.17, 15) is 0 Å². The van der Waals surface area contributed by atoms with Crippen LogP contribution < -0.4 is 9.47 Å². The Morgan fingerprint density at radius 2 is 1.00 bits per heavy atom. The number of ether oxygens (including phenoxy) is 2. The van der Waals surface area contributed by atoms with E-state index >= 15 is 0 Å². The summed E-state index contributed by atoms with van der Waals surface area (Å²) in [6.45, 7) is 7.68. The highest BCUT2D eigenvalue weighted by Gasteiger charge is 2.11. The molecule has 0 aromatic heterocycles. The molecule has 5 heteroatoms. The van der Waals surface area contributed by atoms with Gasteiger partial charge in [0.25, 0.3) is 12.5 Å². The molecular weight excluding hydrogens is 308 g/mol. The van der Waals surface area contributed by atoms with Crippen LogP contribution in [-0.4, -0.2) is 0 Å². The largest absolute Gasteiger partial charge is 0.387 e. The van der Waals surface area contributed by atoms with E-state index in [0.29, 0.717) is 11.5 Å². The van der Waals surface area contributed by atoms with Crippen LogP contribution in [0.15, 0.2) is 34.1 Å². The molecule has 0 aliphatic rings. The van der Waals surface area contributed by atoms with Crippen molar-refractivity contribution in [3.05, 3.63) is 46.5 Å². The molecule has 2 rings (SSSR count). The lowest BCUT2D eigenvalue weighted by Crippen LogP contribution is -1.92. The third-order valence-electron chi connectivity index (χ3n) is 3.40. The number of nitriles is 2. The first-order valence-electron chi connectivity index (χ1n) is 6.98. The van der Waals surface area contributed by atoms with E-state index in [4.69, 9.17) is 20.0 Å². The van der Waals surface area contributed by atoms with Crippen molar-refractivity contribution in [2.75, 3.05) is 0 Å². The Bertz CT molecular complexity index is 716. The molecule has 116 valence electrons. The smallest absolute Gasteiger partial charge is 0.292 e. The van der Waals surface area contributed by atoms with Gasteiger partial charge in [-0.1, -0.05) is 11.8 Å². The van der Waals surface area contributed by atoms with Crippen LogP contribution >= 0.6 is 11.8 Å². The Kier molecular flexibility index (Phi) is 5.16. The average Bonchev–Trinajstić information content (AvgIpc) is 2.47. The van der Waals surface area contributed by atoms with Crippen LogP contribution in [0.1, 0.15) is 22.3 Å². The summed E-state index contributed by atoms with van der Waals surface area (Å²) in [5.74, 6) is 1.23. The molecule has 0 spiro atoms. The standard InChI is InChI=1S/C18H16N2O2S/c1-11-5-15(6-12(2)17(11)21-9-19)23-16-7-13(3)18(22-10-20)14(4)8-16/h5-8H,1-4H3. The minimum absolute atomic E-state index is 0.613. The van der Waals surface area contributed by atoms with Crippen molar-refractivity contribution in [2.45, 2.75) is 37.5 Å². The molecule has 0 amide bonds. The molecule has 0 atom stereocenters. The van der Waals surface area contributed by atoms with E-state index in [0.717, 1.165) is 32.0 Å². The number of benzene rings is 2. The van der Waals surface area contributed by atoms with Gasteiger partial charge in [-0.15, -0.1) is 10.5 Å². The van der Waals surface area contributed by atoms with Gasteiger partial charge in [-0.25, -0.2) is 0 Å². The number of aryl methyl sites for hydroxylation is 4. The molecule has 2 aromatic rings. The molecule has 23 heavy (non-hydrogen) atoms. The van der Waals surface area contributed by atoms with Gasteiger partial charge in [0.1, 0.15) is 11.5 Å². The summed E-state index contributed by atoms with van der Waals surface area (Å²) >= 11 is 1.62. The molecule has 0 fully saturated rings. The lowest BCUT2D eigenvalue weighted by Gasteiger charge is -2.12. The molecule has 4 nitrogen and oxygen atoms in total. The minimum Gasteiger partial charge on any atom is -0.387 e. The fraction of sp³-hybridized carbons (Fsp3) is 0.222. The van der Waals surface area contributed by atoms with Gasteiger partial charge >= 0.3 is 0 Å². The molecule has 0 saturated carbocycles. The van der Waals surface area contributed by atoms with Crippen molar-refractivity contribution in [1.82, 2.24) is 0 Å². The van der Waals surface area contributed by atoms with Crippen LogP contribution in [0, 0.1) is 50.7 Å². The minimum atomic E-state index is 0.613. The molecule has 0 heterocycles. The van der Waals surface area contributed by atoms with E-state index in [1.165, 1.54) is 0 Å². The Hall–Kier alpha value is -2.63. The molecule has 2 aromatic carbocycles. The highest BCUT2D eigenvalue weighted by molar-refractivity contribution is 7.99. The van der Waals surface area contributed by atoms with E-state index in [2.05, 4.69) is 0 Å². The van der Waals surface area contributed by atoms with Crippen LogP contribution in [0.4, 0.5) is 0 Å². The molecule has 0 aliphatic heterocycles. The van der Waals surface area contributed by atoms with Gasteiger partial charge in [0, 0.05) is 9.79 Å². The van der Waals surface area contributed by atoms with Crippen LogP contribution in [0.25, 0.3) is 0 Å². The summed E-state index contributed by atoms with van der Waals surface area (Å²) in [4.78, 5) is 2.14. The SMILES string of the molecule is Cc1cc(Sc2cc(C)c(OC#N)c(C)c2)cc(C)c1OC#N. The monoisotopic (exact) mass is 324 g/mol. The fourth-order valence-corrected chi connectivity index (χ4v) is 3.70. The molecule has 0 saturated heterocycles. The zero-order valence-corrected chi connectivity index (χ0v) is 14.2. The van der Waals surface area contributed by atoms with Crippen molar-refractivity contribution in [3.63, 3.8) is 0 Å². The van der Waals surface area contributed by atoms with Crippen LogP contribution in [0.2, 0.25) is 0 Å². The summed E-state index contributed by atoms with van der Waals surface area (Å²) in [5, 5.41) is 17.4. The van der Waals surface area contributed by atoms with E-state index in [1.54, 1.807) is 24.3 Å². The van der Waals surface area contributed by atoms with Crippen molar-refractivity contribution < 1.29 is 9.47 Å². The summed E-state index contributed by atoms with van der Waals surface area (Å²) in [5.41, 5.74) is 3.69. The summed E-state index contributed by atoms with van der Waals surface area (Å²) < 4.78 is 10.0. The van der Waals surface area contributed by atoms with E-state index in [1.807, 2.05) is 52.0 Å². The number of hydrogen-bond acceptors (Lipinski definition) is 5. The topological polar surface area (TPSA) is 66.0 Å². The first-order valence-corrected chi connectivity index (χ1v) is 7.80. The Morgan fingerprint density at radius 3 is 1.26 bits per heavy atom. The van der Waals surface area contributed by atoms with E-state index in [-0.39, 0.29) is 0 Å². The maximum absolute atomic E-state index is 8.69. The van der Waals surface area contributed by atoms with E-state index < -0.39 is 0 Å². The highest BCUT2D eigenvalue weighted by Crippen LogP contribution is 2.36. The molecule has 0 N–H and O–H groups in total. The normalized spacial score (nSPS) is 9.83. The van der Waals surface area contributed by atoms with Gasteiger partial charge < -0.3 is 9.47 Å². The predicted octanol–water partition coefficient (Wildman–Crippen LogP) is 4.79. The molecule has 0 radical (unpaired) electrons. The molecule has 0 bridgehead atoms. The molecule has 0 unspecified atom stereocenters. The second-order valence-corrected chi connectivity index (χ2v) is 6.41. The number of nitrogens with zero attached hydrogens (tertiary/aromatic N) is 2. The van der Waals surface area contributed by atoms with Crippen LogP contribution in [0.3, 0.4) is 0 Å². The third kappa shape index (κ3) is 3.77. The zero-order valence-electron chi connectivity index (χ0n) is 13.4. The van der Waals surface area contributed by atoms with Crippen LogP contribution in [-0.2, 0) is 0 Å². The average molecular weight is 324 g/mol. The van der Waals surface area contributed by atoms with Gasteiger partial charge in [-0.3, -0.25) is 0 Å². The second-order valence-electron chi connectivity index (χ2n) is 5.26. The van der Waals surface area contributed by atoms with Gasteiger partial charge in [-0.2, -0.15) is 0 Å². The third-order valence-corrected chi connectivity index (χ3v) is 4.34. The fourth-order valence-electron chi connectivity index (χ4n) is 2.49. The maximum Gasteiger partial charge on any atom is 0.292 e. The Morgan fingerprint density at radius 1 is 0.696 bits per heavy atom. The predicted molar refractivity (Wildman–Crippen MR) is 88.4 cm³/mol. The van der Waals surface area contributed by atoms with Gasteiger partial charge in [0.05, 0.1) is 0 Å². The lowest BCUT2D eigenvalue weighted by atomic mass is 10.1. The first kappa shape index (κ1) is 16.7. The van der Waals surface area contributed by atoms with Crippen molar-refractivity contribution >= 4 is 11.8 Å². The number of rotatable bonds is 4. The number of hydrogen-bond donors (Lipinski definition) is 0. The Balaban J connectivity index is 2.34. The quantitative estimate of drug-likeness (QED) is 0.756. The maximum atomic E-state index is 8.69. The van der Waals surface area contributed by atoms with Gasteiger partial charge in [-0.05, 0) is 74.2 Å². The highest BCUT2D eigenvalue weighted by atomic mass is 32.2. The van der Waals surface area contributed by atoms with Crippen molar-refractivity contribution in [1.29, 1.82) is 10.5 Å². The lowest BCUT2D eigenvalue weighted by molar-refractivity contribution is 0.498. The van der Waals surface area contributed by atoms with Crippen molar-refractivity contribution in [2.24, 2.45) is 0 Å². The van der Waals surface area contributed by atoms with Gasteiger partial charge in [0.15, 0.2) is 0 Å². The summed E-state index contributed by atoms with van der Waals surface area (Å²) in [7, 11) is 0. The summed E-state index contributed by atoms with van der Waals surface area (Å²) in [6.07, 6.45) is 3.44. The second kappa shape index (κ2) is 7.09. The molecule has 0 aliphatic carbocycles. The van der Waals surface area contributed by atoms with Crippen LogP contribution in [0.5, 0.6) is 11.5 Å². The van der Waals surface area contributed by atoms with Gasteiger partial charge in [0.2, 0.25) is 0 Å². The Labute approximate surface area is 140 Å². The zero-order chi connectivity index (χ0) is 17.0. The summed E-state index contributed by atoms with van der Waals surface area (Å²) in [6, 6.07) is 7.98.